The number of nitrogens with zero attached hydrogens (tertiary/aromatic N) is 3. The maximum absolute atomic E-state index is 13.5. The summed E-state index contributed by atoms with van der Waals surface area (Å²) in [5.41, 5.74) is 2.89. The van der Waals surface area contributed by atoms with Crippen LogP contribution in [0, 0.1) is 5.82 Å². The first-order chi connectivity index (χ1) is 11.3. The van der Waals surface area contributed by atoms with E-state index in [2.05, 4.69) is 22.1 Å². The molecule has 3 aromatic rings. The van der Waals surface area contributed by atoms with Gasteiger partial charge in [0, 0.05) is 31.4 Å². The van der Waals surface area contributed by atoms with Crippen LogP contribution in [-0.4, -0.2) is 33.7 Å². The van der Waals surface area contributed by atoms with Gasteiger partial charge in [-0.2, -0.15) is 5.10 Å². The highest BCUT2D eigenvalue weighted by molar-refractivity contribution is 5.46. The van der Waals surface area contributed by atoms with Gasteiger partial charge >= 0.3 is 0 Å². The highest BCUT2D eigenvalue weighted by Crippen LogP contribution is 2.18. The second-order valence-corrected chi connectivity index (χ2v) is 5.90. The third-order valence-corrected chi connectivity index (χ3v) is 4.24. The molecule has 118 valence electrons. The summed E-state index contributed by atoms with van der Waals surface area (Å²) in [5.74, 6) is -0.200. The molecule has 0 N–H and O–H groups in total. The number of halogens is 1. The molecule has 0 saturated carbocycles. The number of hydrogen-bond donors (Lipinski definition) is 0. The van der Waals surface area contributed by atoms with Gasteiger partial charge in [0.25, 0.3) is 0 Å². The molecule has 0 unspecified atom stereocenters. The van der Waals surface area contributed by atoms with Gasteiger partial charge < -0.3 is 4.74 Å². The van der Waals surface area contributed by atoms with Crippen molar-refractivity contribution in [3.63, 3.8) is 0 Å². The summed E-state index contributed by atoms with van der Waals surface area (Å²) in [6.07, 6.45) is 1.99. The van der Waals surface area contributed by atoms with Crippen LogP contribution in [0.4, 0.5) is 4.39 Å². The molecule has 0 radical (unpaired) electrons. The zero-order chi connectivity index (χ0) is 15.6. The molecule has 23 heavy (non-hydrogen) atoms. The maximum Gasteiger partial charge on any atom is 0.128 e. The van der Waals surface area contributed by atoms with Crippen LogP contribution in [0.1, 0.15) is 11.3 Å². The first-order valence-corrected chi connectivity index (χ1v) is 7.78. The van der Waals surface area contributed by atoms with E-state index in [-0.39, 0.29) is 11.9 Å². The van der Waals surface area contributed by atoms with Crippen LogP contribution in [0.15, 0.2) is 54.7 Å². The van der Waals surface area contributed by atoms with E-state index < -0.39 is 0 Å². The highest BCUT2D eigenvalue weighted by atomic mass is 19.1. The van der Waals surface area contributed by atoms with Crippen molar-refractivity contribution in [2.75, 3.05) is 13.1 Å². The smallest absolute Gasteiger partial charge is 0.128 e. The summed E-state index contributed by atoms with van der Waals surface area (Å²) in [6.45, 7) is 2.91. The summed E-state index contributed by atoms with van der Waals surface area (Å²) in [4.78, 5) is 2.31. The number of hydrogen-bond acceptors (Lipinski definition) is 3. The lowest BCUT2D eigenvalue weighted by Crippen LogP contribution is -2.51. The summed E-state index contributed by atoms with van der Waals surface area (Å²) in [6, 6.07) is 15.0. The first kappa shape index (κ1) is 14.4. The Morgan fingerprint density at radius 3 is 2.83 bits per heavy atom. The fraction of sp³-hybridized carbons (Fsp3) is 0.278. The minimum Gasteiger partial charge on any atom is -0.371 e. The van der Waals surface area contributed by atoms with Gasteiger partial charge in [-0.25, -0.2) is 8.91 Å². The van der Waals surface area contributed by atoms with Crippen molar-refractivity contribution < 1.29 is 9.13 Å². The van der Waals surface area contributed by atoms with Crippen LogP contribution in [0.3, 0.4) is 0 Å². The number of ether oxygens (including phenoxy) is 1. The lowest BCUT2D eigenvalue weighted by molar-refractivity contribution is -0.0670. The van der Waals surface area contributed by atoms with E-state index in [0.29, 0.717) is 12.2 Å². The third kappa shape index (κ3) is 2.98. The van der Waals surface area contributed by atoms with Crippen LogP contribution < -0.4 is 0 Å². The van der Waals surface area contributed by atoms with Crippen LogP contribution in [0.5, 0.6) is 0 Å². The summed E-state index contributed by atoms with van der Waals surface area (Å²) in [7, 11) is 0. The standard InChI is InChI=1S/C18H18FN3O/c19-18-7-2-1-4-14(18)13-23-17-11-21(12-17)10-16-6-3-5-15-8-9-20-22(15)16/h1-9,17H,10-13H2. The van der Waals surface area contributed by atoms with Gasteiger partial charge in [-0.3, -0.25) is 4.90 Å². The van der Waals surface area contributed by atoms with E-state index >= 15 is 0 Å². The average Bonchev–Trinajstić information content (AvgIpc) is 3.00. The normalized spacial score (nSPS) is 15.9. The van der Waals surface area contributed by atoms with Crippen molar-refractivity contribution >= 4 is 5.52 Å². The van der Waals surface area contributed by atoms with Gasteiger partial charge in [0.2, 0.25) is 0 Å². The largest absolute Gasteiger partial charge is 0.371 e. The van der Waals surface area contributed by atoms with E-state index in [9.17, 15) is 4.39 Å². The Hall–Kier alpha value is -2.24. The van der Waals surface area contributed by atoms with E-state index in [1.807, 2.05) is 28.9 Å². The molecule has 4 nitrogen and oxygen atoms in total. The Morgan fingerprint density at radius 2 is 1.96 bits per heavy atom. The molecular weight excluding hydrogens is 293 g/mol. The monoisotopic (exact) mass is 311 g/mol. The van der Waals surface area contributed by atoms with Crippen LogP contribution in [-0.2, 0) is 17.9 Å². The van der Waals surface area contributed by atoms with Crippen molar-refractivity contribution in [3.05, 3.63) is 71.8 Å². The molecule has 0 aliphatic carbocycles. The average molecular weight is 311 g/mol. The molecule has 1 fully saturated rings. The van der Waals surface area contributed by atoms with Crippen LogP contribution in [0.2, 0.25) is 0 Å². The molecule has 2 aromatic heterocycles. The predicted molar refractivity (Wildman–Crippen MR) is 85.4 cm³/mol. The quantitative estimate of drug-likeness (QED) is 0.726. The molecular formula is C18H18FN3O. The number of pyridine rings is 1. The number of benzene rings is 1. The van der Waals surface area contributed by atoms with Gasteiger partial charge in [0.05, 0.1) is 23.9 Å². The Morgan fingerprint density at radius 1 is 1.09 bits per heavy atom. The van der Waals surface area contributed by atoms with Crippen molar-refractivity contribution in [3.8, 4) is 0 Å². The second-order valence-electron chi connectivity index (χ2n) is 5.90. The third-order valence-electron chi connectivity index (χ3n) is 4.24. The SMILES string of the molecule is Fc1ccccc1COC1CN(Cc2cccc3ccnn23)C1. The Balaban J connectivity index is 1.30. The minimum absolute atomic E-state index is 0.173. The van der Waals surface area contributed by atoms with E-state index in [1.54, 1.807) is 12.1 Å². The van der Waals surface area contributed by atoms with E-state index in [4.69, 9.17) is 4.74 Å². The molecule has 0 atom stereocenters. The number of likely N-dealkylation sites (tertiary alicyclic amines) is 1. The zero-order valence-corrected chi connectivity index (χ0v) is 12.7. The first-order valence-electron chi connectivity index (χ1n) is 7.78. The molecule has 5 heteroatoms. The fourth-order valence-electron chi connectivity index (χ4n) is 2.94. The summed E-state index contributed by atoms with van der Waals surface area (Å²) >= 11 is 0. The molecule has 0 bridgehead atoms. The van der Waals surface area contributed by atoms with E-state index in [0.717, 1.165) is 25.2 Å². The Kier molecular flexibility index (Phi) is 3.81. The maximum atomic E-state index is 13.5. The lowest BCUT2D eigenvalue weighted by atomic mass is 10.1. The summed E-state index contributed by atoms with van der Waals surface area (Å²) in [5, 5.41) is 4.35. The predicted octanol–water partition coefficient (Wildman–Crippen LogP) is 2.87. The fourth-order valence-corrected chi connectivity index (χ4v) is 2.94. The minimum atomic E-state index is -0.200. The lowest BCUT2D eigenvalue weighted by Gasteiger charge is -2.38. The molecule has 3 heterocycles. The zero-order valence-electron chi connectivity index (χ0n) is 12.7. The molecule has 4 rings (SSSR count). The van der Waals surface area contributed by atoms with E-state index in [1.165, 1.54) is 11.8 Å². The number of rotatable bonds is 5. The Bertz CT molecular complexity index is 811. The number of aromatic nitrogens is 2. The van der Waals surface area contributed by atoms with Crippen molar-refractivity contribution in [1.29, 1.82) is 0 Å². The van der Waals surface area contributed by atoms with Crippen LogP contribution in [0.25, 0.3) is 5.52 Å². The summed E-state index contributed by atoms with van der Waals surface area (Å²) < 4.78 is 21.3. The highest BCUT2D eigenvalue weighted by Gasteiger charge is 2.28. The molecule has 1 aliphatic rings. The van der Waals surface area contributed by atoms with Gasteiger partial charge in [-0.05, 0) is 24.3 Å². The second kappa shape index (κ2) is 6.10. The van der Waals surface area contributed by atoms with Gasteiger partial charge in [-0.1, -0.05) is 24.3 Å². The van der Waals surface area contributed by atoms with Crippen molar-refractivity contribution in [2.24, 2.45) is 0 Å². The molecule has 1 aliphatic heterocycles. The molecule has 0 spiro atoms. The molecule has 1 saturated heterocycles. The van der Waals surface area contributed by atoms with Crippen molar-refractivity contribution in [1.82, 2.24) is 14.5 Å². The van der Waals surface area contributed by atoms with Gasteiger partial charge in [0.15, 0.2) is 0 Å². The topological polar surface area (TPSA) is 29.8 Å². The van der Waals surface area contributed by atoms with Gasteiger partial charge in [-0.15, -0.1) is 0 Å². The van der Waals surface area contributed by atoms with Crippen molar-refractivity contribution in [2.45, 2.75) is 19.3 Å². The van der Waals surface area contributed by atoms with Crippen LogP contribution >= 0.6 is 0 Å². The number of fused-ring (bicyclic) bond motifs is 1. The molecule has 1 aromatic carbocycles. The molecule has 0 amide bonds. The Labute approximate surface area is 134 Å². The van der Waals surface area contributed by atoms with Gasteiger partial charge in [0.1, 0.15) is 5.82 Å².